The van der Waals surface area contributed by atoms with Crippen LogP contribution in [0.2, 0.25) is 0 Å². The molecule has 41 valence electrons. The van der Waals surface area contributed by atoms with E-state index in [1.807, 2.05) is 0 Å². The Hall–Kier alpha value is 1.48. The Balaban J connectivity index is -0.0000000450. The molecule has 0 bridgehead atoms. The minimum absolute atomic E-state index is 0. The molecule has 1 radical (unpaired) electrons. The molecule has 0 amide bonds. The third-order valence-electron chi connectivity index (χ3n) is 0.144. The van der Waals surface area contributed by atoms with Gasteiger partial charge in [-0.3, -0.25) is 0 Å². The molecule has 0 heterocycles. The van der Waals surface area contributed by atoms with Crippen molar-refractivity contribution in [3.63, 3.8) is 0 Å². The minimum Gasteiger partial charge on any atom is -0.197 e. The monoisotopic (exact) mass is 161 g/mol. The van der Waals surface area contributed by atoms with E-state index in [1.165, 1.54) is 0 Å². The van der Waals surface area contributed by atoms with Gasteiger partial charge in [-0.25, -0.2) is 0 Å². The normalized spacial score (nSPS) is 5.00. The molecule has 0 aromatic heterocycles. The first-order valence-corrected chi connectivity index (χ1v) is 3.41. The molecule has 0 aliphatic carbocycles. The highest BCUT2D eigenvalue weighted by atomic mass is 32.7. The van der Waals surface area contributed by atoms with Gasteiger partial charge in [0.25, 0.3) is 0 Å². The minimum atomic E-state index is 0. The van der Waals surface area contributed by atoms with E-state index >= 15 is 0 Å². The summed E-state index contributed by atoms with van der Waals surface area (Å²) in [5, 5.41) is 0. The second-order valence-corrected chi connectivity index (χ2v) is 2.17. The number of hydrogen-bond acceptors (Lipinski definition) is 1. The molecule has 0 N–H and O–H groups in total. The van der Waals surface area contributed by atoms with E-state index in [9.17, 15) is 0 Å². The van der Waals surface area contributed by atoms with Crippen LogP contribution in [0, 0.1) is 0 Å². The first-order chi connectivity index (χ1) is 1.91. The second-order valence-electron chi connectivity index (χ2n) is 0.433. The van der Waals surface area contributed by atoms with E-state index in [0.29, 0.717) is 0 Å². The fourth-order valence-corrected chi connectivity index (χ4v) is 0. The molecule has 6 heavy (non-hydrogen) atoms. The van der Waals surface area contributed by atoms with Crippen LogP contribution in [-0.4, -0.2) is 5.75 Å². The topological polar surface area (TPSA) is 0 Å². The summed E-state index contributed by atoms with van der Waals surface area (Å²) in [6, 6.07) is 0. The summed E-state index contributed by atoms with van der Waals surface area (Å²) in [6.45, 7) is 2.09. The van der Waals surface area contributed by atoms with Crippen molar-refractivity contribution in [2.45, 2.75) is 6.92 Å². The van der Waals surface area contributed by atoms with E-state index in [4.69, 9.17) is 0 Å². The van der Waals surface area contributed by atoms with Crippen LogP contribution < -0.4 is 0 Å². The summed E-state index contributed by atoms with van der Waals surface area (Å²) in [5.41, 5.74) is 0. The molecule has 0 aliphatic heterocycles. The van der Waals surface area contributed by atoms with Gasteiger partial charge < -0.3 is 0 Å². The van der Waals surface area contributed by atoms with Gasteiger partial charge in [0.1, 0.15) is 0 Å². The van der Waals surface area contributed by atoms with Gasteiger partial charge in [-0.05, 0) is 14.2 Å². The van der Waals surface area contributed by atoms with Gasteiger partial charge in [0.2, 0.25) is 0 Å². The lowest BCUT2D eigenvalue weighted by atomic mass is 11.0. The molecule has 0 fully saturated rings. The van der Waals surface area contributed by atoms with Crippen LogP contribution >= 0.6 is 46.8 Å². The average molecular weight is 161 g/mol. The lowest BCUT2D eigenvalue weighted by Gasteiger charge is -1.68. The highest BCUT2D eigenvalue weighted by Crippen LogP contribution is 2.06. The van der Waals surface area contributed by atoms with E-state index in [0.717, 1.165) is 5.75 Å². The third-order valence-corrected chi connectivity index (χ3v) is 1.30. The molecule has 0 saturated heterocycles. The van der Waals surface area contributed by atoms with Crippen LogP contribution in [0.3, 0.4) is 0 Å². The zero-order valence-electron chi connectivity index (χ0n) is 3.62. The van der Waals surface area contributed by atoms with Crippen LogP contribution in [0.15, 0.2) is 0 Å². The van der Waals surface area contributed by atoms with Gasteiger partial charge in [0.05, 0.1) is 0 Å². The lowest BCUT2D eigenvalue weighted by Crippen LogP contribution is -1.44. The predicted octanol–water partition coefficient (Wildman–Crippen LogP) is 2.02. The molecule has 0 aromatic carbocycles. The molecule has 0 aromatic rings. The fraction of sp³-hybridized carbons (Fsp3) is 1.00. The van der Waals surface area contributed by atoms with Crippen molar-refractivity contribution in [2.24, 2.45) is 0 Å². The predicted molar refractivity (Wildman–Crippen MR) is 47.2 cm³/mol. The van der Waals surface area contributed by atoms with Gasteiger partial charge in [-0.1, -0.05) is 6.92 Å². The summed E-state index contributed by atoms with van der Waals surface area (Å²) in [5.74, 6) is 1.15. The summed E-state index contributed by atoms with van der Waals surface area (Å²) in [6.07, 6.45) is 0. The molecular weight excluding hydrogens is 151 g/mol. The Kier molecular flexibility index (Phi) is 41.9. The number of hydrogen-bond donors (Lipinski definition) is 0. The fourth-order valence-electron chi connectivity index (χ4n) is 0. The van der Waals surface area contributed by atoms with Crippen molar-refractivity contribution in [3.8, 4) is 0 Å². The standard InChI is InChI=1S/C2H6PS.2H2S/c1-2-4-3;;/h3H,2H2,1H3;2*1H2. The van der Waals surface area contributed by atoms with Crippen LogP contribution in [-0.2, 0) is 0 Å². The van der Waals surface area contributed by atoms with E-state index < -0.39 is 0 Å². The van der Waals surface area contributed by atoms with Crippen molar-refractivity contribution < 1.29 is 0 Å². The first kappa shape index (κ1) is 15.6. The van der Waals surface area contributed by atoms with Gasteiger partial charge >= 0.3 is 0 Å². The summed E-state index contributed by atoms with van der Waals surface area (Å²) < 4.78 is 0. The van der Waals surface area contributed by atoms with Gasteiger partial charge in [-0.2, -0.15) is 27.0 Å². The molecular formula is C2H10PS3. The average Bonchev–Trinajstić information content (AvgIpc) is 1.37. The van der Waals surface area contributed by atoms with Crippen molar-refractivity contribution in [2.75, 3.05) is 5.75 Å². The third kappa shape index (κ3) is 17.9. The SMILES string of the molecule is CCS[PH].S.S. The van der Waals surface area contributed by atoms with Gasteiger partial charge in [0, 0.05) is 0 Å². The van der Waals surface area contributed by atoms with Crippen LogP contribution in [0.5, 0.6) is 0 Å². The van der Waals surface area contributed by atoms with Crippen LogP contribution in [0.1, 0.15) is 6.92 Å². The maximum Gasteiger partial charge on any atom is -0.00532 e. The van der Waals surface area contributed by atoms with Gasteiger partial charge in [0.15, 0.2) is 0 Å². The van der Waals surface area contributed by atoms with Crippen molar-refractivity contribution in [3.05, 3.63) is 0 Å². The van der Waals surface area contributed by atoms with E-state index in [1.54, 1.807) is 11.4 Å². The molecule has 0 aliphatic rings. The maximum atomic E-state index is 3.20. The lowest BCUT2D eigenvalue weighted by molar-refractivity contribution is 1.54. The molecule has 0 rings (SSSR count). The van der Waals surface area contributed by atoms with Crippen molar-refractivity contribution in [1.82, 2.24) is 0 Å². The molecule has 0 unspecified atom stereocenters. The highest BCUT2D eigenvalue weighted by molar-refractivity contribution is 8.43. The molecule has 4 heteroatoms. The Morgan fingerprint density at radius 1 is 1.50 bits per heavy atom. The number of rotatable bonds is 1. The zero-order valence-corrected chi connectivity index (χ0v) is 7.43. The Bertz CT molecular complexity index is 10.8. The highest BCUT2D eigenvalue weighted by Gasteiger charge is 1.56. The van der Waals surface area contributed by atoms with E-state index in [-0.39, 0.29) is 27.0 Å². The maximum absolute atomic E-state index is 3.20. The largest absolute Gasteiger partial charge is 0.197 e. The summed E-state index contributed by atoms with van der Waals surface area (Å²) in [4.78, 5) is 0. The zero-order chi connectivity index (χ0) is 3.41. The van der Waals surface area contributed by atoms with Crippen LogP contribution in [0.4, 0.5) is 0 Å². The second kappa shape index (κ2) is 16.1. The first-order valence-electron chi connectivity index (χ1n) is 1.20. The summed E-state index contributed by atoms with van der Waals surface area (Å²) >= 11 is 1.66. The Morgan fingerprint density at radius 2 is 1.67 bits per heavy atom. The Morgan fingerprint density at radius 3 is 1.67 bits per heavy atom. The molecule has 0 saturated carbocycles. The van der Waals surface area contributed by atoms with Crippen molar-refractivity contribution in [1.29, 1.82) is 0 Å². The summed E-state index contributed by atoms with van der Waals surface area (Å²) in [7, 11) is 3.20. The van der Waals surface area contributed by atoms with Crippen LogP contribution in [0.25, 0.3) is 0 Å². The Labute approximate surface area is 59.7 Å². The van der Waals surface area contributed by atoms with Crippen molar-refractivity contribution >= 4 is 46.8 Å². The molecule has 0 spiro atoms. The van der Waals surface area contributed by atoms with E-state index in [2.05, 4.69) is 15.4 Å². The smallest absolute Gasteiger partial charge is 0.00532 e. The molecule has 0 atom stereocenters. The molecule has 0 nitrogen and oxygen atoms in total. The quantitative estimate of drug-likeness (QED) is 0.530. The van der Waals surface area contributed by atoms with Gasteiger partial charge in [-0.15, -0.1) is 11.4 Å².